The summed E-state index contributed by atoms with van der Waals surface area (Å²) < 4.78 is 70.3. The minimum Gasteiger partial charge on any atom is -0.497 e. The highest BCUT2D eigenvalue weighted by molar-refractivity contribution is 7.89. The monoisotopic (exact) mass is 546 g/mol. The summed E-state index contributed by atoms with van der Waals surface area (Å²) in [6.07, 6.45) is -3.51. The molecule has 0 fully saturated rings. The van der Waals surface area contributed by atoms with Crippen molar-refractivity contribution in [3.05, 3.63) is 83.8 Å². The van der Waals surface area contributed by atoms with Gasteiger partial charge in [0.25, 0.3) is 5.91 Å². The van der Waals surface area contributed by atoms with Crippen molar-refractivity contribution in [2.75, 3.05) is 12.4 Å². The highest BCUT2D eigenvalue weighted by atomic mass is 32.2. The number of primary sulfonamides is 1. The molecule has 0 aliphatic carbocycles. The zero-order valence-corrected chi connectivity index (χ0v) is 20.5. The van der Waals surface area contributed by atoms with Crippen molar-refractivity contribution in [1.82, 2.24) is 14.8 Å². The van der Waals surface area contributed by atoms with Crippen LogP contribution in [0.25, 0.3) is 16.8 Å². The van der Waals surface area contributed by atoms with Gasteiger partial charge in [0.1, 0.15) is 17.3 Å². The van der Waals surface area contributed by atoms with Crippen molar-refractivity contribution < 1.29 is 31.1 Å². The maximum Gasteiger partial charge on any atom is 0.435 e. The van der Waals surface area contributed by atoms with Crippen LogP contribution in [0, 0.1) is 0 Å². The first kappa shape index (κ1) is 26.8. The molecule has 0 radical (unpaired) electrons. The average Bonchev–Trinajstić information content (AvgIpc) is 3.34. The van der Waals surface area contributed by atoms with Gasteiger partial charge >= 0.3 is 6.18 Å². The number of ether oxygens (including phenoxy) is 1. The van der Waals surface area contributed by atoms with Crippen LogP contribution in [0.4, 0.5) is 19.0 Å². The number of methoxy groups -OCH3 is 1. The van der Waals surface area contributed by atoms with Gasteiger partial charge in [-0.15, -0.1) is 0 Å². The van der Waals surface area contributed by atoms with Gasteiger partial charge in [0.05, 0.1) is 17.7 Å². The predicted molar refractivity (Wildman–Crippen MR) is 132 cm³/mol. The molecule has 5 N–H and O–H groups in total. The highest BCUT2D eigenvalue weighted by Gasteiger charge is 2.36. The molecule has 0 bridgehead atoms. The molecule has 0 saturated heterocycles. The van der Waals surface area contributed by atoms with Crippen LogP contribution in [0.1, 0.15) is 21.7 Å². The van der Waals surface area contributed by atoms with Gasteiger partial charge in [-0.1, -0.05) is 18.2 Å². The lowest BCUT2D eigenvalue weighted by Crippen LogP contribution is -2.19. The molecular formula is C24H21F3N6O4S. The Balaban J connectivity index is 1.69. The lowest BCUT2D eigenvalue weighted by molar-refractivity contribution is -0.141. The fourth-order valence-corrected chi connectivity index (χ4v) is 4.45. The molecule has 2 heterocycles. The normalized spacial score (nSPS) is 11.8. The van der Waals surface area contributed by atoms with Crippen molar-refractivity contribution >= 4 is 21.7 Å². The number of rotatable bonds is 7. The van der Waals surface area contributed by atoms with E-state index in [1.54, 1.807) is 6.07 Å². The first-order valence-electron chi connectivity index (χ1n) is 10.9. The van der Waals surface area contributed by atoms with E-state index >= 15 is 0 Å². The van der Waals surface area contributed by atoms with Crippen molar-refractivity contribution in [2.24, 2.45) is 10.9 Å². The number of carbonyl (C=O) groups excluding carboxylic acids is 1. The summed E-state index contributed by atoms with van der Waals surface area (Å²) in [5.41, 5.74) is 5.33. The fourth-order valence-electron chi connectivity index (χ4n) is 3.68. The van der Waals surface area contributed by atoms with E-state index in [0.717, 1.165) is 4.68 Å². The Labute approximate surface area is 215 Å². The summed E-state index contributed by atoms with van der Waals surface area (Å²) in [4.78, 5) is 17.1. The second-order valence-corrected chi connectivity index (χ2v) is 9.48. The quantitative estimate of drug-likeness (QED) is 0.321. The van der Waals surface area contributed by atoms with E-state index in [1.165, 1.54) is 61.8 Å². The molecule has 0 atom stereocenters. The Morgan fingerprint density at radius 2 is 1.84 bits per heavy atom. The molecule has 1 amide bonds. The third kappa shape index (κ3) is 5.51. The molecule has 0 aliphatic rings. The maximum absolute atomic E-state index is 13.5. The summed E-state index contributed by atoms with van der Waals surface area (Å²) in [7, 11) is -2.59. The van der Waals surface area contributed by atoms with Gasteiger partial charge in [-0.05, 0) is 42.0 Å². The van der Waals surface area contributed by atoms with E-state index in [9.17, 15) is 26.4 Å². The number of hydrogen-bond donors (Lipinski definition) is 3. The van der Waals surface area contributed by atoms with Crippen LogP contribution in [-0.4, -0.2) is 36.2 Å². The standard InChI is InChI=1S/C24H21F3N6O4S/c1-37-16-7-8-18(15(10-16)12-28)33-19(11-21(32-33)24(25,26)27)23(34)31-22-9-6-14(13-30-22)17-4-2-3-5-20(17)38(29,35)36/h2-11,13H,12,28H2,1H3,(H2,29,35,36)(H,30,31,34). The van der Waals surface area contributed by atoms with Crippen LogP contribution in [0.2, 0.25) is 0 Å². The molecule has 198 valence electrons. The second-order valence-electron chi connectivity index (χ2n) is 7.95. The fraction of sp³-hybridized carbons (Fsp3) is 0.125. The Bertz CT molecular complexity index is 1600. The number of carbonyl (C=O) groups is 1. The lowest BCUT2D eigenvalue weighted by atomic mass is 10.1. The van der Waals surface area contributed by atoms with E-state index in [-0.39, 0.29) is 22.9 Å². The number of benzene rings is 2. The van der Waals surface area contributed by atoms with E-state index in [2.05, 4.69) is 15.4 Å². The largest absolute Gasteiger partial charge is 0.497 e. The predicted octanol–water partition coefficient (Wildman–Crippen LogP) is 3.32. The van der Waals surface area contributed by atoms with Gasteiger partial charge in [0, 0.05) is 29.9 Å². The zero-order chi connectivity index (χ0) is 27.7. The number of amides is 1. The Hall–Kier alpha value is -4.27. The number of alkyl halides is 3. The number of anilines is 1. The summed E-state index contributed by atoms with van der Waals surface area (Å²) in [5.74, 6) is -0.490. The number of hydrogen-bond acceptors (Lipinski definition) is 7. The van der Waals surface area contributed by atoms with Crippen LogP contribution in [-0.2, 0) is 22.7 Å². The second kappa shape index (κ2) is 10.2. The number of sulfonamides is 1. The molecule has 0 aliphatic heterocycles. The Kier molecular flexibility index (Phi) is 7.22. The minimum atomic E-state index is -4.81. The van der Waals surface area contributed by atoms with Crippen LogP contribution in [0.3, 0.4) is 0 Å². The number of nitrogens with zero attached hydrogens (tertiary/aromatic N) is 3. The van der Waals surface area contributed by atoms with Crippen molar-refractivity contribution in [3.8, 4) is 22.6 Å². The van der Waals surface area contributed by atoms with Gasteiger partial charge in [-0.2, -0.15) is 18.3 Å². The highest BCUT2D eigenvalue weighted by Crippen LogP contribution is 2.31. The minimum absolute atomic E-state index is 0.00178. The molecule has 4 rings (SSSR count). The zero-order valence-electron chi connectivity index (χ0n) is 19.7. The molecule has 2 aromatic carbocycles. The van der Waals surface area contributed by atoms with Gasteiger partial charge in [-0.3, -0.25) is 4.79 Å². The number of nitrogens with two attached hydrogens (primary N) is 2. The third-order valence-corrected chi connectivity index (χ3v) is 6.45. The number of aromatic nitrogens is 3. The van der Waals surface area contributed by atoms with E-state index in [0.29, 0.717) is 28.5 Å². The maximum atomic E-state index is 13.5. The molecule has 14 heteroatoms. The topological polar surface area (TPSA) is 155 Å². The Morgan fingerprint density at radius 1 is 1.11 bits per heavy atom. The van der Waals surface area contributed by atoms with Crippen LogP contribution in [0.15, 0.2) is 71.8 Å². The summed E-state index contributed by atoms with van der Waals surface area (Å²) in [6, 6.07) is 14.0. The van der Waals surface area contributed by atoms with Crippen LogP contribution in [0.5, 0.6) is 5.75 Å². The smallest absolute Gasteiger partial charge is 0.435 e. The lowest BCUT2D eigenvalue weighted by Gasteiger charge is -2.13. The van der Waals surface area contributed by atoms with Gasteiger partial charge in [0.2, 0.25) is 10.0 Å². The number of nitrogens with one attached hydrogen (secondary N) is 1. The number of pyridine rings is 1. The van der Waals surface area contributed by atoms with Gasteiger partial charge in [-0.25, -0.2) is 23.2 Å². The molecule has 2 aromatic heterocycles. The van der Waals surface area contributed by atoms with Crippen LogP contribution < -0.4 is 20.9 Å². The van der Waals surface area contributed by atoms with Crippen molar-refractivity contribution in [1.29, 1.82) is 0 Å². The number of halogens is 3. The first-order chi connectivity index (χ1) is 17.9. The van der Waals surface area contributed by atoms with E-state index < -0.39 is 33.5 Å². The van der Waals surface area contributed by atoms with E-state index in [1.807, 2.05) is 0 Å². The summed E-state index contributed by atoms with van der Waals surface area (Å²) in [6.45, 7) is -0.0577. The van der Waals surface area contributed by atoms with Gasteiger partial charge < -0.3 is 15.8 Å². The molecule has 0 saturated carbocycles. The summed E-state index contributed by atoms with van der Waals surface area (Å²) in [5, 5.41) is 11.3. The molecule has 10 nitrogen and oxygen atoms in total. The van der Waals surface area contributed by atoms with Crippen molar-refractivity contribution in [3.63, 3.8) is 0 Å². The molecule has 38 heavy (non-hydrogen) atoms. The SMILES string of the molecule is COc1ccc(-n2nc(C(F)(F)F)cc2C(=O)Nc2ccc(-c3ccccc3S(N)(=O)=O)cn2)c(CN)c1. The summed E-state index contributed by atoms with van der Waals surface area (Å²) >= 11 is 0. The van der Waals surface area contributed by atoms with Gasteiger partial charge in [0.15, 0.2) is 5.69 Å². The average molecular weight is 547 g/mol. The van der Waals surface area contributed by atoms with E-state index in [4.69, 9.17) is 15.6 Å². The molecule has 0 unspecified atom stereocenters. The first-order valence-corrected chi connectivity index (χ1v) is 12.4. The van der Waals surface area contributed by atoms with Crippen LogP contribution >= 0.6 is 0 Å². The third-order valence-electron chi connectivity index (χ3n) is 5.48. The molecule has 4 aromatic rings. The van der Waals surface area contributed by atoms with Crippen molar-refractivity contribution in [2.45, 2.75) is 17.6 Å². The Morgan fingerprint density at radius 3 is 2.45 bits per heavy atom. The molecular weight excluding hydrogens is 525 g/mol. The molecule has 0 spiro atoms.